The molecule has 2 rings (SSSR count). The molecule has 2 heterocycles. The van der Waals surface area contributed by atoms with Gasteiger partial charge in [0, 0.05) is 19.3 Å². The number of aliphatic hydroxyl groups is 1. The summed E-state index contributed by atoms with van der Waals surface area (Å²) in [5, 5.41) is 9.46. The van der Waals surface area contributed by atoms with Gasteiger partial charge in [0.15, 0.2) is 0 Å². The molecule has 3 nitrogen and oxygen atoms in total. The lowest BCUT2D eigenvalue weighted by molar-refractivity contribution is 0.145. The van der Waals surface area contributed by atoms with E-state index in [2.05, 4.69) is 45.1 Å². The first-order valence-corrected chi connectivity index (χ1v) is 6.49. The average molecular weight is 330 g/mol. The van der Waals surface area contributed by atoms with Crippen LogP contribution in [0.3, 0.4) is 0 Å². The molecule has 0 aliphatic carbocycles. The molecular weight excluding hydrogens is 315 g/mol. The van der Waals surface area contributed by atoms with Gasteiger partial charge in [-0.3, -0.25) is 0 Å². The summed E-state index contributed by atoms with van der Waals surface area (Å²) in [5.41, 5.74) is 1.05. The maximum atomic E-state index is 9.46. The molecule has 1 aromatic heterocycles. The molecule has 1 saturated heterocycles. The van der Waals surface area contributed by atoms with E-state index < -0.39 is 0 Å². The van der Waals surface area contributed by atoms with Crippen molar-refractivity contribution in [3.05, 3.63) is 28.0 Å². The Labute approximate surface area is 109 Å². The van der Waals surface area contributed by atoms with Gasteiger partial charge in [-0.2, -0.15) is 0 Å². The predicted molar refractivity (Wildman–Crippen MR) is 74.5 cm³/mol. The summed E-state index contributed by atoms with van der Waals surface area (Å²) >= 11 is 2.30. The molecule has 1 aromatic rings. The Bertz CT molecular complexity index is 387. The maximum Gasteiger partial charge on any atom is 0.142 e. The molecule has 0 unspecified atom stereocenters. The Morgan fingerprint density at radius 2 is 2.19 bits per heavy atom. The summed E-state index contributed by atoms with van der Waals surface area (Å²) in [4.78, 5) is 6.70. The molecule has 0 saturated carbocycles. The Morgan fingerprint density at radius 3 is 2.75 bits per heavy atom. The minimum absolute atomic E-state index is 0.138. The zero-order chi connectivity index (χ0) is 11.5. The van der Waals surface area contributed by atoms with Crippen molar-refractivity contribution in [1.29, 1.82) is 0 Å². The monoisotopic (exact) mass is 330 g/mol. The molecule has 1 aliphatic heterocycles. The van der Waals surface area contributed by atoms with Crippen LogP contribution < -0.4 is 4.90 Å². The van der Waals surface area contributed by atoms with Crippen LogP contribution in [-0.2, 0) is 0 Å². The number of halogens is 1. The molecule has 1 fully saturated rings. The first kappa shape index (κ1) is 11.9. The number of aliphatic hydroxyl groups excluding tert-OH is 1. The van der Waals surface area contributed by atoms with Crippen molar-refractivity contribution in [2.45, 2.75) is 18.9 Å². The Hall–Kier alpha value is -0.620. The molecular formula is C12H15IN2O. The van der Waals surface area contributed by atoms with Gasteiger partial charge < -0.3 is 10.0 Å². The van der Waals surface area contributed by atoms with E-state index in [0.29, 0.717) is 0 Å². The molecule has 4 heteroatoms. The summed E-state index contributed by atoms with van der Waals surface area (Å²) in [5.74, 6) is 1.03. The van der Waals surface area contributed by atoms with Crippen LogP contribution >= 0.6 is 22.6 Å². The fourth-order valence-corrected chi connectivity index (χ4v) is 2.71. The van der Waals surface area contributed by atoms with Gasteiger partial charge in [-0.05, 0) is 47.1 Å². The minimum atomic E-state index is -0.138. The van der Waals surface area contributed by atoms with Gasteiger partial charge in [-0.15, -0.1) is 0 Å². The zero-order valence-corrected chi connectivity index (χ0v) is 11.2. The van der Waals surface area contributed by atoms with Crippen molar-refractivity contribution in [2.75, 3.05) is 18.0 Å². The number of piperidine rings is 1. The molecule has 16 heavy (non-hydrogen) atoms. The van der Waals surface area contributed by atoms with Crippen molar-refractivity contribution in [1.82, 2.24) is 4.98 Å². The van der Waals surface area contributed by atoms with Gasteiger partial charge in [0.1, 0.15) is 5.82 Å². The third kappa shape index (κ3) is 2.55. The van der Waals surface area contributed by atoms with Crippen molar-refractivity contribution in [3.8, 4) is 0 Å². The number of hydrogen-bond acceptors (Lipinski definition) is 3. The van der Waals surface area contributed by atoms with E-state index in [4.69, 9.17) is 0 Å². The summed E-state index contributed by atoms with van der Waals surface area (Å²) in [6, 6.07) is 2.08. The van der Waals surface area contributed by atoms with Crippen LogP contribution in [0.4, 0.5) is 5.82 Å². The first-order chi connectivity index (χ1) is 7.70. The van der Waals surface area contributed by atoms with Gasteiger partial charge in [0.05, 0.1) is 9.67 Å². The number of rotatable bonds is 2. The minimum Gasteiger partial charge on any atom is -0.393 e. The van der Waals surface area contributed by atoms with Crippen molar-refractivity contribution >= 4 is 34.5 Å². The lowest BCUT2D eigenvalue weighted by Gasteiger charge is -2.31. The molecule has 0 spiro atoms. The summed E-state index contributed by atoms with van der Waals surface area (Å²) in [7, 11) is 0. The summed E-state index contributed by atoms with van der Waals surface area (Å²) in [6.07, 6.45) is 5.18. The second-order valence-corrected chi connectivity index (χ2v) is 5.16. The van der Waals surface area contributed by atoms with Crippen LogP contribution in [0, 0.1) is 3.57 Å². The summed E-state index contributed by atoms with van der Waals surface area (Å²) in [6.45, 7) is 5.51. The van der Waals surface area contributed by atoms with Crippen LogP contribution in [-0.4, -0.2) is 29.3 Å². The number of hydrogen-bond donors (Lipinski definition) is 1. The highest BCUT2D eigenvalue weighted by Gasteiger charge is 2.19. The fraction of sp³-hybridized carbons (Fsp3) is 0.417. The molecule has 1 N–H and O–H groups in total. The van der Waals surface area contributed by atoms with E-state index in [1.807, 2.05) is 6.20 Å². The molecule has 0 bridgehead atoms. The first-order valence-electron chi connectivity index (χ1n) is 5.41. The van der Waals surface area contributed by atoms with Crippen LogP contribution in [0.15, 0.2) is 18.8 Å². The molecule has 0 aromatic carbocycles. The van der Waals surface area contributed by atoms with Gasteiger partial charge in [0.25, 0.3) is 0 Å². The molecule has 0 radical (unpaired) electrons. The Balaban J connectivity index is 2.17. The number of pyridine rings is 1. The third-order valence-electron chi connectivity index (χ3n) is 2.84. The second-order valence-electron chi connectivity index (χ2n) is 4.00. The topological polar surface area (TPSA) is 36.4 Å². The summed E-state index contributed by atoms with van der Waals surface area (Å²) < 4.78 is 1.14. The fourth-order valence-electron chi connectivity index (χ4n) is 1.87. The number of nitrogens with zero attached hydrogens (tertiary/aromatic N) is 2. The maximum absolute atomic E-state index is 9.46. The number of aromatic nitrogens is 1. The quantitative estimate of drug-likeness (QED) is 0.846. The molecule has 86 valence electrons. The smallest absolute Gasteiger partial charge is 0.142 e. The van der Waals surface area contributed by atoms with Crippen LogP contribution in [0.25, 0.3) is 6.08 Å². The Kier molecular flexibility index (Phi) is 3.81. The molecule has 0 atom stereocenters. The van der Waals surface area contributed by atoms with Crippen molar-refractivity contribution < 1.29 is 5.11 Å². The van der Waals surface area contributed by atoms with E-state index in [9.17, 15) is 5.11 Å². The third-order valence-corrected chi connectivity index (χ3v) is 3.64. The van der Waals surface area contributed by atoms with E-state index in [-0.39, 0.29) is 6.10 Å². The lowest BCUT2D eigenvalue weighted by atomic mass is 10.1. The van der Waals surface area contributed by atoms with Crippen LogP contribution in [0.2, 0.25) is 0 Å². The van der Waals surface area contributed by atoms with Gasteiger partial charge >= 0.3 is 0 Å². The average Bonchev–Trinajstić information content (AvgIpc) is 2.30. The highest BCUT2D eigenvalue weighted by Crippen LogP contribution is 2.24. The zero-order valence-electron chi connectivity index (χ0n) is 9.06. The Morgan fingerprint density at radius 1 is 1.50 bits per heavy atom. The molecule has 0 amide bonds. The SMILES string of the molecule is C=Cc1cnc(N2CCC(O)CC2)c(I)c1. The van der Waals surface area contributed by atoms with E-state index >= 15 is 0 Å². The van der Waals surface area contributed by atoms with Gasteiger partial charge in [0.2, 0.25) is 0 Å². The van der Waals surface area contributed by atoms with Crippen molar-refractivity contribution in [3.63, 3.8) is 0 Å². The van der Waals surface area contributed by atoms with Crippen LogP contribution in [0.5, 0.6) is 0 Å². The highest BCUT2D eigenvalue weighted by molar-refractivity contribution is 14.1. The van der Waals surface area contributed by atoms with E-state index in [1.165, 1.54) is 0 Å². The van der Waals surface area contributed by atoms with Gasteiger partial charge in [-0.25, -0.2) is 4.98 Å². The standard InChI is InChI=1S/C12H15IN2O/c1-2-9-7-11(13)12(14-8-9)15-5-3-10(16)4-6-15/h2,7-8,10,16H,1,3-6H2. The van der Waals surface area contributed by atoms with Gasteiger partial charge in [-0.1, -0.05) is 12.7 Å². The largest absolute Gasteiger partial charge is 0.393 e. The van der Waals surface area contributed by atoms with Crippen molar-refractivity contribution in [2.24, 2.45) is 0 Å². The second kappa shape index (κ2) is 5.14. The normalized spacial score (nSPS) is 17.5. The number of anilines is 1. The molecule has 1 aliphatic rings. The highest BCUT2D eigenvalue weighted by atomic mass is 127. The van der Waals surface area contributed by atoms with Crippen LogP contribution in [0.1, 0.15) is 18.4 Å². The lowest BCUT2D eigenvalue weighted by Crippen LogP contribution is -2.36. The van der Waals surface area contributed by atoms with E-state index in [0.717, 1.165) is 40.9 Å². The predicted octanol–water partition coefficient (Wildman–Crippen LogP) is 2.29. The van der Waals surface area contributed by atoms with E-state index in [1.54, 1.807) is 6.08 Å².